The van der Waals surface area contributed by atoms with Crippen LogP contribution in [0, 0.1) is 6.92 Å². The summed E-state index contributed by atoms with van der Waals surface area (Å²) in [5, 5.41) is 5.30. The fourth-order valence-corrected chi connectivity index (χ4v) is 4.38. The van der Waals surface area contributed by atoms with Crippen molar-refractivity contribution in [2.75, 3.05) is 14.2 Å². The maximum atomic E-state index is 13.6. The van der Waals surface area contributed by atoms with Gasteiger partial charge in [-0.05, 0) is 30.0 Å². The number of aryl methyl sites for hydroxylation is 2. The van der Waals surface area contributed by atoms with Gasteiger partial charge in [0.2, 0.25) is 0 Å². The molecule has 0 spiro atoms. The van der Waals surface area contributed by atoms with Crippen molar-refractivity contribution in [2.45, 2.75) is 39.7 Å². The predicted molar refractivity (Wildman–Crippen MR) is 145 cm³/mol. The molecular weight excluding hydrogens is 490 g/mol. The number of hydrogen-bond acceptors (Lipinski definition) is 7. The number of nitrogens with zero attached hydrogens (tertiary/aromatic N) is 4. The van der Waals surface area contributed by atoms with Gasteiger partial charge in [-0.25, -0.2) is 9.78 Å². The maximum Gasteiger partial charge on any atom is 0.439 e. The molecule has 0 bridgehead atoms. The lowest BCUT2D eigenvalue weighted by Gasteiger charge is -2.19. The number of benzene rings is 2. The Kier molecular flexibility index (Phi) is 8.10. The van der Waals surface area contributed by atoms with Gasteiger partial charge >= 0.3 is 5.76 Å². The van der Waals surface area contributed by atoms with Gasteiger partial charge in [0, 0.05) is 36.7 Å². The van der Waals surface area contributed by atoms with Gasteiger partial charge in [-0.15, -0.1) is 0 Å². The third-order valence-corrected chi connectivity index (χ3v) is 6.60. The third kappa shape index (κ3) is 5.76. The number of aromatic nitrogens is 4. The van der Waals surface area contributed by atoms with Crippen LogP contribution >= 0.6 is 12.2 Å². The highest BCUT2D eigenvalue weighted by Crippen LogP contribution is 2.30. The zero-order valence-corrected chi connectivity index (χ0v) is 22.1. The Labute approximate surface area is 219 Å². The summed E-state index contributed by atoms with van der Waals surface area (Å²) in [6.45, 7) is 4.31. The number of likely N-dealkylation sites (N-methyl/N-ethyl adjacent to an activating group) is 1. The minimum atomic E-state index is -0.603. The summed E-state index contributed by atoms with van der Waals surface area (Å²) in [6.07, 6.45) is 1.85. The van der Waals surface area contributed by atoms with Crippen LogP contribution in [0.5, 0.6) is 0 Å². The van der Waals surface area contributed by atoms with Crippen LogP contribution in [-0.2, 0) is 24.2 Å². The summed E-state index contributed by atoms with van der Waals surface area (Å²) < 4.78 is 6.42. The Balaban J connectivity index is 1.67. The molecule has 0 unspecified atom stereocenters. The lowest BCUT2D eigenvalue weighted by Crippen LogP contribution is -2.34. The summed E-state index contributed by atoms with van der Waals surface area (Å²) in [5.41, 5.74) is 4.73. The van der Waals surface area contributed by atoms with Crippen molar-refractivity contribution in [2.24, 2.45) is 0 Å². The second kappa shape index (κ2) is 11.4. The number of hydrogen-bond donors (Lipinski definition) is 1. The Morgan fingerprint density at radius 1 is 1.14 bits per heavy atom. The lowest BCUT2D eigenvalue weighted by atomic mass is 9.98. The fraction of sp³-hybridized carbons (Fsp3) is 0.296. The van der Waals surface area contributed by atoms with Gasteiger partial charge in [0.05, 0.1) is 13.7 Å². The standard InChI is InChI=1S/C27H29N5O4S/c1-5-8-23-28-17(2)22(15-24(37)31(3)35-4)26(33)32(23)16-18-11-13-19(14-12-18)20-9-6-7-10-21(20)25-29-27(34)36-30-25/h6-7,9-14H,5,8,15-16H2,1-4H3,(H,29,30,34). The summed E-state index contributed by atoms with van der Waals surface area (Å²) in [6, 6.07) is 15.6. The van der Waals surface area contributed by atoms with Crippen LogP contribution in [0.4, 0.5) is 0 Å². The molecule has 0 saturated heterocycles. The minimum absolute atomic E-state index is 0.0905. The van der Waals surface area contributed by atoms with Crippen molar-refractivity contribution in [3.8, 4) is 22.5 Å². The van der Waals surface area contributed by atoms with Crippen LogP contribution in [0.25, 0.3) is 22.5 Å². The first kappa shape index (κ1) is 26.2. The summed E-state index contributed by atoms with van der Waals surface area (Å²) in [7, 11) is 3.25. The van der Waals surface area contributed by atoms with Crippen LogP contribution in [0.3, 0.4) is 0 Å². The first-order chi connectivity index (χ1) is 17.8. The average Bonchev–Trinajstić information content (AvgIpc) is 3.34. The molecular formula is C27H29N5O4S. The average molecular weight is 520 g/mol. The Morgan fingerprint density at radius 3 is 2.46 bits per heavy atom. The summed E-state index contributed by atoms with van der Waals surface area (Å²) >= 11 is 5.44. The van der Waals surface area contributed by atoms with Crippen molar-refractivity contribution in [1.29, 1.82) is 0 Å². The number of nitrogens with one attached hydrogen (secondary N) is 1. The molecule has 37 heavy (non-hydrogen) atoms. The molecule has 0 amide bonds. The van der Waals surface area contributed by atoms with E-state index in [0.29, 0.717) is 35.0 Å². The normalized spacial score (nSPS) is 11.0. The number of aromatic amines is 1. The van der Waals surface area contributed by atoms with Gasteiger partial charge in [0.25, 0.3) is 5.56 Å². The molecule has 0 radical (unpaired) electrons. The van der Waals surface area contributed by atoms with Crippen LogP contribution in [0.2, 0.25) is 0 Å². The molecule has 0 aliphatic rings. The minimum Gasteiger partial charge on any atom is -0.296 e. The van der Waals surface area contributed by atoms with Crippen LogP contribution in [-0.4, -0.2) is 43.9 Å². The van der Waals surface area contributed by atoms with E-state index in [9.17, 15) is 9.59 Å². The molecule has 2 aromatic carbocycles. The second-order valence-corrected chi connectivity index (χ2v) is 9.14. The van der Waals surface area contributed by atoms with E-state index in [-0.39, 0.29) is 12.0 Å². The van der Waals surface area contributed by atoms with E-state index < -0.39 is 5.76 Å². The maximum absolute atomic E-state index is 13.6. The first-order valence-corrected chi connectivity index (χ1v) is 12.4. The molecule has 192 valence electrons. The molecule has 2 aromatic heterocycles. The monoisotopic (exact) mass is 519 g/mol. The van der Waals surface area contributed by atoms with E-state index in [1.807, 2.05) is 55.5 Å². The predicted octanol–water partition coefficient (Wildman–Crippen LogP) is 3.93. The van der Waals surface area contributed by atoms with Gasteiger partial charge in [0.15, 0.2) is 5.82 Å². The van der Waals surface area contributed by atoms with E-state index in [4.69, 9.17) is 22.0 Å². The number of rotatable bonds is 9. The van der Waals surface area contributed by atoms with Crippen LogP contribution in [0.15, 0.2) is 62.6 Å². The second-order valence-electron chi connectivity index (χ2n) is 8.67. The topological polar surface area (TPSA) is 106 Å². The smallest absolute Gasteiger partial charge is 0.296 e. The molecule has 0 saturated carbocycles. The molecule has 0 aliphatic carbocycles. The largest absolute Gasteiger partial charge is 0.439 e. The van der Waals surface area contributed by atoms with E-state index >= 15 is 0 Å². The molecule has 0 atom stereocenters. The highest BCUT2D eigenvalue weighted by atomic mass is 32.1. The van der Waals surface area contributed by atoms with Gasteiger partial charge in [-0.3, -0.25) is 28.8 Å². The number of H-pyrrole nitrogens is 1. The van der Waals surface area contributed by atoms with Crippen molar-refractivity contribution >= 4 is 17.2 Å². The number of hydroxylamine groups is 2. The van der Waals surface area contributed by atoms with Gasteiger partial charge in [0.1, 0.15) is 10.8 Å². The zero-order valence-electron chi connectivity index (χ0n) is 21.3. The third-order valence-electron chi connectivity index (χ3n) is 6.20. The SMILES string of the molecule is CCCc1nc(C)c(CC(=S)N(C)OC)c(=O)n1Cc1ccc(-c2ccccc2-c2noc(=O)[nH]2)cc1. The van der Waals surface area contributed by atoms with Gasteiger partial charge < -0.3 is 0 Å². The highest BCUT2D eigenvalue weighted by Gasteiger charge is 2.18. The summed E-state index contributed by atoms with van der Waals surface area (Å²) in [5.74, 6) is 0.522. The Hall–Kier alpha value is -3.89. The highest BCUT2D eigenvalue weighted by molar-refractivity contribution is 7.80. The van der Waals surface area contributed by atoms with E-state index in [0.717, 1.165) is 34.5 Å². The molecule has 9 nitrogen and oxygen atoms in total. The summed E-state index contributed by atoms with van der Waals surface area (Å²) in [4.78, 5) is 38.1. The lowest BCUT2D eigenvalue weighted by molar-refractivity contribution is -0.0406. The molecule has 2 heterocycles. The van der Waals surface area contributed by atoms with Gasteiger partial charge in [-0.2, -0.15) is 0 Å². The van der Waals surface area contributed by atoms with Crippen molar-refractivity contribution in [1.82, 2.24) is 24.8 Å². The van der Waals surface area contributed by atoms with E-state index in [1.165, 1.54) is 12.2 Å². The molecule has 1 N–H and O–H groups in total. The molecule has 4 rings (SSSR count). The quantitative estimate of drug-likeness (QED) is 0.262. The number of thiocarbonyl (C=S) groups is 1. The molecule has 4 aromatic rings. The van der Waals surface area contributed by atoms with Gasteiger partial charge in [-0.1, -0.05) is 72.8 Å². The van der Waals surface area contributed by atoms with E-state index in [2.05, 4.69) is 21.6 Å². The van der Waals surface area contributed by atoms with Crippen LogP contribution in [0.1, 0.15) is 36.0 Å². The van der Waals surface area contributed by atoms with Crippen molar-refractivity contribution in [3.63, 3.8) is 0 Å². The Morgan fingerprint density at radius 2 is 1.84 bits per heavy atom. The first-order valence-electron chi connectivity index (χ1n) is 12.0. The fourth-order valence-electron chi connectivity index (χ4n) is 4.16. The molecule has 0 fully saturated rings. The van der Waals surface area contributed by atoms with Crippen molar-refractivity contribution < 1.29 is 9.36 Å². The Bertz CT molecular complexity index is 1520. The molecule has 0 aliphatic heterocycles. The van der Waals surface area contributed by atoms with Crippen molar-refractivity contribution in [3.05, 3.63) is 92.1 Å². The molecule has 10 heteroatoms. The van der Waals surface area contributed by atoms with E-state index in [1.54, 1.807) is 11.6 Å². The van der Waals surface area contributed by atoms with Crippen LogP contribution < -0.4 is 11.3 Å². The zero-order chi connectivity index (χ0) is 26.5.